The average Bonchev–Trinajstić information content (AvgIpc) is 3.37. The minimum atomic E-state index is -0.779. The third-order valence-corrected chi connectivity index (χ3v) is 6.79. The average molecular weight is 540 g/mol. The molecule has 0 spiro atoms. The molecule has 0 fully saturated rings. The third-order valence-electron chi connectivity index (χ3n) is 5.83. The number of benzene rings is 2. The predicted molar refractivity (Wildman–Crippen MR) is 149 cm³/mol. The van der Waals surface area contributed by atoms with Crippen molar-refractivity contribution in [1.29, 1.82) is 0 Å². The number of amides is 2. The Morgan fingerprint density at radius 1 is 0.921 bits per heavy atom. The van der Waals surface area contributed by atoms with E-state index in [1.54, 1.807) is 12.3 Å². The second-order valence-electron chi connectivity index (χ2n) is 10.1. The van der Waals surface area contributed by atoms with Crippen LogP contribution in [-0.2, 0) is 20.9 Å². The van der Waals surface area contributed by atoms with E-state index in [9.17, 15) is 14.4 Å². The molecule has 0 saturated heterocycles. The number of esters is 1. The van der Waals surface area contributed by atoms with Crippen molar-refractivity contribution in [3.63, 3.8) is 0 Å². The van der Waals surface area contributed by atoms with Gasteiger partial charge in [-0.2, -0.15) is 0 Å². The second kappa shape index (κ2) is 13.9. The molecule has 2 N–H and O–H groups in total. The summed E-state index contributed by atoms with van der Waals surface area (Å²) in [4.78, 5) is 42.5. The highest BCUT2D eigenvalue weighted by molar-refractivity contribution is 7.09. The van der Waals surface area contributed by atoms with Crippen molar-refractivity contribution in [1.82, 2.24) is 15.6 Å². The number of fused-ring (bicyclic) bond motifs is 1. The number of carbonyl (C=O) groups is 3. The van der Waals surface area contributed by atoms with Crippen LogP contribution in [0.15, 0.2) is 47.8 Å². The zero-order valence-electron chi connectivity index (χ0n) is 22.7. The maximum atomic E-state index is 13.3. The molecule has 1 aromatic heterocycles. The zero-order chi connectivity index (χ0) is 27.7. The van der Waals surface area contributed by atoms with Crippen molar-refractivity contribution < 1.29 is 23.9 Å². The number of aromatic nitrogens is 1. The van der Waals surface area contributed by atoms with E-state index in [-0.39, 0.29) is 36.7 Å². The van der Waals surface area contributed by atoms with Crippen molar-refractivity contribution in [2.75, 3.05) is 6.61 Å². The molecule has 204 valence electrons. The zero-order valence-corrected chi connectivity index (χ0v) is 23.5. The van der Waals surface area contributed by atoms with E-state index in [1.807, 2.05) is 70.2 Å². The molecule has 0 aliphatic heterocycles. The Labute approximate surface area is 228 Å². The van der Waals surface area contributed by atoms with Gasteiger partial charge in [-0.3, -0.25) is 4.79 Å². The molecule has 0 aliphatic rings. The van der Waals surface area contributed by atoms with Crippen LogP contribution in [-0.4, -0.2) is 35.6 Å². The van der Waals surface area contributed by atoms with Crippen molar-refractivity contribution in [2.24, 2.45) is 11.8 Å². The number of ether oxygens (including phenoxy) is 2. The molecule has 0 saturated carbocycles. The maximum absolute atomic E-state index is 13.3. The lowest BCUT2D eigenvalue weighted by Crippen LogP contribution is -2.48. The summed E-state index contributed by atoms with van der Waals surface area (Å²) in [6.45, 7) is 10.2. The van der Waals surface area contributed by atoms with Crippen LogP contribution in [0.2, 0.25) is 0 Å². The van der Waals surface area contributed by atoms with Crippen LogP contribution in [0.4, 0.5) is 4.79 Å². The number of hydrogen-bond donors (Lipinski definition) is 2. The van der Waals surface area contributed by atoms with Crippen LogP contribution in [0.5, 0.6) is 0 Å². The molecule has 0 bridgehead atoms. The molecule has 1 heterocycles. The topological polar surface area (TPSA) is 107 Å². The summed E-state index contributed by atoms with van der Waals surface area (Å²) in [7, 11) is 0. The van der Waals surface area contributed by atoms with Gasteiger partial charge in [-0.25, -0.2) is 14.6 Å². The van der Waals surface area contributed by atoms with Crippen molar-refractivity contribution in [2.45, 2.75) is 66.2 Å². The van der Waals surface area contributed by atoms with Crippen LogP contribution in [0.3, 0.4) is 0 Å². The maximum Gasteiger partial charge on any atom is 0.408 e. The fourth-order valence-corrected chi connectivity index (χ4v) is 4.93. The highest BCUT2D eigenvalue weighted by Gasteiger charge is 2.28. The first-order valence-electron chi connectivity index (χ1n) is 13.0. The molecule has 0 aliphatic carbocycles. The predicted octanol–water partition coefficient (Wildman–Crippen LogP) is 6.02. The Kier molecular flexibility index (Phi) is 10.6. The van der Waals surface area contributed by atoms with Gasteiger partial charge in [-0.05, 0) is 54.0 Å². The SMILES string of the molecule is CCOC(=O)c1csc([C@H](CC(C)C)NC(=O)[C@H](CC(C)C)NC(=O)OCc2ccc3ccccc3c2)n1. The lowest BCUT2D eigenvalue weighted by atomic mass is 10.0. The molecule has 0 unspecified atom stereocenters. The van der Waals surface area contributed by atoms with Gasteiger partial charge in [-0.1, -0.05) is 64.1 Å². The van der Waals surface area contributed by atoms with E-state index >= 15 is 0 Å². The molecule has 3 aromatic rings. The summed E-state index contributed by atoms with van der Waals surface area (Å²) in [6, 6.07) is 12.7. The van der Waals surface area contributed by atoms with Crippen LogP contribution >= 0.6 is 11.3 Å². The molecule has 9 heteroatoms. The van der Waals surface area contributed by atoms with Crippen molar-refractivity contribution in [3.05, 3.63) is 64.1 Å². The smallest absolute Gasteiger partial charge is 0.408 e. The van der Waals surface area contributed by atoms with E-state index < -0.39 is 24.1 Å². The monoisotopic (exact) mass is 539 g/mol. The quantitative estimate of drug-likeness (QED) is 0.273. The Bertz CT molecular complexity index is 1240. The highest BCUT2D eigenvalue weighted by Crippen LogP contribution is 2.25. The number of rotatable bonds is 12. The van der Waals surface area contributed by atoms with Crippen molar-refractivity contribution in [3.8, 4) is 0 Å². The summed E-state index contributed by atoms with van der Waals surface area (Å²) in [5.74, 6) is -0.387. The van der Waals surface area contributed by atoms with Gasteiger partial charge in [0.15, 0.2) is 5.69 Å². The van der Waals surface area contributed by atoms with Gasteiger partial charge in [0.05, 0.1) is 12.6 Å². The lowest BCUT2D eigenvalue weighted by molar-refractivity contribution is -0.124. The minimum Gasteiger partial charge on any atom is -0.461 e. The molecule has 3 rings (SSSR count). The molecule has 2 amide bonds. The van der Waals surface area contributed by atoms with E-state index in [2.05, 4.69) is 15.6 Å². The summed E-state index contributed by atoms with van der Waals surface area (Å²) in [6.07, 6.45) is 0.415. The molecule has 8 nitrogen and oxygen atoms in total. The highest BCUT2D eigenvalue weighted by atomic mass is 32.1. The normalized spacial score (nSPS) is 12.8. The van der Waals surface area contributed by atoms with Crippen LogP contribution in [0.1, 0.15) is 74.6 Å². The molecular weight excluding hydrogens is 502 g/mol. The summed E-state index contributed by atoms with van der Waals surface area (Å²) in [5, 5.41) is 10.2. The Hall–Kier alpha value is -3.46. The number of thiazole rings is 1. The Morgan fingerprint density at radius 3 is 2.32 bits per heavy atom. The number of nitrogens with one attached hydrogen (secondary N) is 2. The number of alkyl carbamates (subject to hydrolysis) is 1. The van der Waals surface area contributed by atoms with Gasteiger partial charge in [-0.15, -0.1) is 11.3 Å². The van der Waals surface area contributed by atoms with Gasteiger partial charge in [0.2, 0.25) is 5.91 Å². The summed E-state index contributed by atoms with van der Waals surface area (Å²) in [5.41, 5.74) is 1.09. The number of carbonyl (C=O) groups excluding carboxylic acids is 3. The van der Waals surface area contributed by atoms with E-state index in [4.69, 9.17) is 9.47 Å². The largest absolute Gasteiger partial charge is 0.461 e. The van der Waals surface area contributed by atoms with E-state index in [1.165, 1.54) is 11.3 Å². The summed E-state index contributed by atoms with van der Waals surface area (Å²) < 4.78 is 10.5. The van der Waals surface area contributed by atoms with Gasteiger partial charge in [0.25, 0.3) is 0 Å². The fourth-order valence-electron chi connectivity index (χ4n) is 4.08. The van der Waals surface area contributed by atoms with Crippen LogP contribution in [0.25, 0.3) is 10.8 Å². The number of hydrogen-bond acceptors (Lipinski definition) is 7. The molecule has 2 atom stereocenters. The molecule has 2 aromatic carbocycles. The Balaban J connectivity index is 1.66. The second-order valence-corrected chi connectivity index (χ2v) is 11.0. The molecule has 0 radical (unpaired) electrons. The standard InChI is InChI=1S/C29H37N3O5S/c1-6-36-28(34)25-17-38-27(31-25)24(14-19(4)5)30-26(33)23(13-18(2)3)32-29(35)37-16-20-11-12-21-9-7-8-10-22(21)15-20/h7-12,15,17-19,23-24H,6,13-14,16H2,1-5H3,(H,30,33)(H,32,35)/t23-,24-/m0/s1. The van der Waals surface area contributed by atoms with Gasteiger partial charge in [0.1, 0.15) is 17.7 Å². The summed E-state index contributed by atoms with van der Waals surface area (Å²) >= 11 is 1.30. The first-order chi connectivity index (χ1) is 18.2. The van der Waals surface area contributed by atoms with Crippen LogP contribution < -0.4 is 10.6 Å². The Morgan fingerprint density at radius 2 is 1.63 bits per heavy atom. The fraction of sp³-hybridized carbons (Fsp3) is 0.448. The molecule has 38 heavy (non-hydrogen) atoms. The third kappa shape index (κ3) is 8.55. The van der Waals surface area contributed by atoms with E-state index in [0.717, 1.165) is 16.3 Å². The first-order valence-corrected chi connectivity index (χ1v) is 13.9. The molecular formula is C29H37N3O5S. The van der Waals surface area contributed by atoms with Gasteiger partial charge < -0.3 is 20.1 Å². The lowest BCUT2D eigenvalue weighted by Gasteiger charge is -2.24. The van der Waals surface area contributed by atoms with Crippen LogP contribution in [0, 0.1) is 11.8 Å². The van der Waals surface area contributed by atoms with E-state index in [0.29, 0.717) is 17.8 Å². The minimum absolute atomic E-state index is 0.0956. The first kappa shape index (κ1) is 29.1. The van der Waals surface area contributed by atoms with Crippen molar-refractivity contribution >= 4 is 40.1 Å². The van der Waals surface area contributed by atoms with Gasteiger partial charge in [0, 0.05) is 5.38 Å². The number of nitrogens with zero attached hydrogens (tertiary/aromatic N) is 1. The van der Waals surface area contributed by atoms with Gasteiger partial charge >= 0.3 is 12.1 Å².